The lowest BCUT2D eigenvalue weighted by Gasteiger charge is -2.41. The maximum Gasteiger partial charge on any atom is 0.282 e. The Morgan fingerprint density at radius 1 is 1.35 bits per heavy atom. The fourth-order valence-corrected chi connectivity index (χ4v) is 3.95. The van der Waals surface area contributed by atoms with E-state index in [4.69, 9.17) is 0 Å². The Morgan fingerprint density at radius 3 is 2.71 bits per heavy atom. The van der Waals surface area contributed by atoms with Crippen molar-refractivity contribution in [1.82, 2.24) is 13.9 Å². The summed E-state index contributed by atoms with van der Waals surface area (Å²) in [6, 6.07) is -0.647. The predicted molar refractivity (Wildman–Crippen MR) is 59.1 cm³/mol. The van der Waals surface area contributed by atoms with Gasteiger partial charge in [-0.1, -0.05) is 0 Å². The molecule has 0 spiro atoms. The lowest BCUT2D eigenvalue weighted by atomic mass is 10.0. The van der Waals surface area contributed by atoms with E-state index in [2.05, 4.69) is 5.32 Å². The van der Waals surface area contributed by atoms with Gasteiger partial charge in [-0.3, -0.25) is 0 Å². The lowest BCUT2D eigenvalue weighted by molar-refractivity contribution is -0.0417. The zero-order valence-corrected chi connectivity index (χ0v) is 10.5. The minimum absolute atomic E-state index is 0.294. The Morgan fingerprint density at radius 2 is 2.06 bits per heavy atom. The van der Waals surface area contributed by atoms with Gasteiger partial charge in [-0.15, -0.1) is 0 Å². The molecule has 0 bridgehead atoms. The van der Waals surface area contributed by atoms with Crippen LogP contribution in [-0.4, -0.2) is 62.2 Å². The van der Waals surface area contributed by atoms with E-state index >= 15 is 0 Å². The molecule has 5 nitrogen and oxygen atoms in total. The first-order valence-corrected chi connectivity index (χ1v) is 7.04. The third-order valence-electron chi connectivity index (χ3n) is 3.25. The molecular weight excluding hydrogens is 252 g/mol. The molecule has 0 unspecified atom stereocenters. The first kappa shape index (κ1) is 13.1. The molecule has 1 atom stereocenters. The van der Waals surface area contributed by atoms with Gasteiger partial charge in [0.15, 0.2) is 0 Å². The molecule has 8 heteroatoms. The lowest BCUT2D eigenvalue weighted by Crippen LogP contribution is -2.59. The third-order valence-corrected chi connectivity index (χ3v) is 5.29. The first-order chi connectivity index (χ1) is 7.83. The van der Waals surface area contributed by atoms with Gasteiger partial charge in [0.1, 0.15) is 0 Å². The van der Waals surface area contributed by atoms with Crippen LogP contribution in [0.15, 0.2) is 0 Å². The molecule has 1 N–H and O–H groups in total. The fourth-order valence-electron chi connectivity index (χ4n) is 2.34. The Kier molecular flexibility index (Phi) is 3.41. The van der Waals surface area contributed by atoms with Crippen molar-refractivity contribution >= 4 is 10.2 Å². The molecule has 2 aliphatic heterocycles. The molecule has 0 saturated carbocycles. The van der Waals surface area contributed by atoms with Crippen molar-refractivity contribution in [3.63, 3.8) is 0 Å². The summed E-state index contributed by atoms with van der Waals surface area (Å²) in [4.78, 5) is 0. The smallest absolute Gasteiger partial charge is 0.282 e. The molecule has 2 saturated heterocycles. The molecule has 0 radical (unpaired) electrons. The average molecular weight is 269 g/mol. The number of halogens is 2. The SMILES string of the molecule is CN1CCCN([C@H]2CNCC(F)(F)C2)S1(=O)=O. The van der Waals surface area contributed by atoms with Crippen LogP contribution in [0.4, 0.5) is 8.78 Å². The van der Waals surface area contributed by atoms with Crippen molar-refractivity contribution in [2.45, 2.75) is 24.8 Å². The van der Waals surface area contributed by atoms with Gasteiger partial charge in [-0.25, -0.2) is 8.78 Å². The van der Waals surface area contributed by atoms with E-state index in [1.165, 1.54) is 15.7 Å². The molecular formula is C9H17F2N3O2S. The van der Waals surface area contributed by atoms with Crippen LogP contribution >= 0.6 is 0 Å². The van der Waals surface area contributed by atoms with Crippen molar-refractivity contribution in [2.75, 3.05) is 33.2 Å². The Hall–Kier alpha value is -0.310. The normalized spacial score (nSPS) is 34.6. The second-order valence-electron chi connectivity index (χ2n) is 4.64. The highest BCUT2D eigenvalue weighted by molar-refractivity contribution is 7.86. The van der Waals surface area contributed by atoms with Crippen LogP contribution in [0.3, 0.4) is 0 Å². The zero-order valence-electron chi connectivity index (χ0n) is 9.70. The van der Waals surface area contributed by atoms with E-state index in [0.717, 1.165) is 0 Å². The number of hydrogen-bond donors (Lipinski definition) is 1. The minimum atomic E-state index is -3.56. The number of alkyl halides is 2. The summed E-state index contributed by atoms with van der Waals surface area (Å²) < 4.78 is 53.0. The molecule has 0 amide bonds. The summed E-state index contributed by atoms with van der Waals surface area (Å²) in [5.74, 6) is -2.82. The molecule has 0 aromatic heterocycles. The Labute approximate surface area is 99.9 Å². The van der Waals surface area contributed by atoms with Crippen molar-refractivity contribution in [2.24, 2.45) is 0 Å². The van der Waals surface area contributed by atoms with E-state index < -0.39 is 28.6 Å². The molecule has 2 rings (SSSR count). The molecule has 0 aromatic carbocycles. The molecule has 2 heterocycles. The van der Waals surface area contributed by atoms with Gasteiger partial charge >= 0.3 is 0 Å². The Balaban J connectivity index is 2.16. The van der Waals surface area contributed by atoms with Gasteiger partial charge in [0.25, 0.3) is 16.1 Å². The molecule has 100 valence electrons. The van der Waals surface area contributed by atoms with Crippen LogP contribution in [0, 0.1) is 0 Å². The van der Waals surface area contributed by atoms with Gasteiger partial charge in [0.05, 0.1) is 6.54 Å². The van der Waals surface area contributed by atoms with E-state index in [1.54, 1.807) is 0 Å². The van der Waals surface area contributed by atoms with Crippen LogP contribution in [0.2, 0.25) is 0 Å². The second-order valence-corrected chi connectivity index (χ2v) is 6.63. The molecule has 2 fully saturated rings. The largest absolute Gasteiger partial charge is 0.310 e. The van der Waals surface area contributed by atoms with E-state index in [9.17, 15) is 17.2 Å². The topological polar surface area (TPSA) is 52.6 Å². The summed E-state index contributed by atoms with van der Waals surface area (Å²) in [6.07, 6.45) is 0.283. The monoisotopic (exact) mass is 269 g/mol. The number of rotatable bonds is 1. The van der Waals surface area contributed by atoms with Gasteiger partial charge in [0, 0.05) is 39.1 Å². The van der Waals surface area contributed by atoms with Crippen molar-refractivity contribution < 1.29 is 17.2 Å². The van der Waals surface area contributed by atoms with Crippen LogP contribution in [0.25, 0.3) is 0 Å². The quantitative estimate of drug-likeness (QED) is 0.721. The van der Waals surface area contributed by atoms with Crippen molar-refractivity contribution in [1.29, 1.82) is 0 Å². The van der Waals surface area contributed by atoms with Crippen LogP contribution in [0.5, 0.6) is 0 Å². The number of hydrogen-bond acceptors (Lipinski definition) is 3. The summed E-state index contributed by atoms with van der Waals surface area (Å²) in [6.45, 7) is 0.709. The highest BCUT2D eigenvalue weighted by atomic mass is 32.2. The van der Waals surface area contributed by atoms with Gasteiger partial charge in [-0.2, -0.15) is 17.0 Å². The predicted octanol–water partition coefficient (Wildman–Crippen LogP) is -0.134. The first-order valence-electron chi connectivity index (χ1n) is 5.65. The highest BCUT2D eigenvalue weighted by Crippen LogP contribution is 2.28. The number of piperidine rings is 1. The number of nitrogens with zero attached hydrogens (tertiary/aromatic N) is 2. The van der Waals surface area contributed by atoms with Crippen LogP contribution in [0.1, 0.15) is 12.8 Å². The van der Waals surface area contributed by atoms with E-state index in [0.29, 0.717) is 26.1 Å². The average Bonchev–Trinajstić information content (AvgIpc) is 2.20. The zero-order chi connectivity index (χ0) is 12.7. The standard InChI is InChI=1S/C9H17F2N3O2S/c1-13-3-2-4-14(17(13,15)16)8-5-9(10,11)7-12-6-8/h8,12H,2-7H2,1H3/t8-/m1/s1. The van der Waals surface area contributed by atoms with Gasteiger partial charge in [0.2, 0.25) is 0 Å². The molecule has 2 aliphatic rings. The highest BCUT2D eigenvalue weighted by Gasteiger charge is 2.43. The molecule has 0 aromatic rings. The van der Waals surface area contributed by atoms with Crippen LogP contribution < -0.4 is 5.32 Å². The minimum Gasteiger partial charge on any atom is -0.310 e. The maximum atomic E-state index is 13.3. The Bertz CT molecular complexity index is 388. The molecule has 0 aliphatic carbocycles. The summed E-state index contributed by atoms with van der Waals surface area (Å²) in [5.41, 5.74) is 0. The van der Waals surface area contributed by atoms with Gasteiger partial charge < -0.3 is 5.32 Å². The van der Waals surface area contributed by atoms with Crippen molar-refractivity contribution in [3.05, 3.63) is 0 Å². The maximum absolute atomic E-state index is 13.3. The van der Waals surface area contributed by atoms with E-state index in [1.807, 2.05) is 0 Å². The van der Waals surface area contributed by atoms with Crippen LogP contribution in [-0.2, 0) is 10.2 Å². The molecule has 17 heavy (non-hydrogen) atoms. The van der Waals surface area contributed by atoms with Crippen molar-refractivity contribution in [3.8, 4) is 0 Å². The van der Waals surface area contributed by atoms with Gasteiger partial charge in [-0.05, 0) is 6.42 Å². The summed E-state index contributed by atoms with van der Waals surface area (Å²) in [7, 11) is -2.08. The summed E-state index contributed by atoms with van der Waals surface area (Å²) in [5, 5.41) is 2.60. The van der Waals surface area contributed by atoms with E-state index in [-0.39, 0.29) is 6.54 Å². The third kappa shape index (κ3) is 2.59. The summed E-state index contributed by atoms with van der Waals surface area (Å²) >= 11 is 0. The second kappa shape index (κ2) is 4.42. The number of nitrogens with one attached hydrogen (secondary N) is 1. The fraction of sp³-hybridized carbons (Fsp3) is 1.00.